The van der Waals surface area contributed by atoms with Gasteiger partial charge in [0.2, 0.25) is 5.91 Å². The van der Waals surface area contributed by atoms with Gasteiger partial charge in [-0.05, 0) is 25.0 Å². The van der Waals surface area contributed by atoms with E-state index in [4.69, 9.17) is 9.97 Å². The van der Waals surface area contributed by atoms with E-state index in [1.54, 1.807) is 13.1 Å². The minimum absolute atomic E-state index is 0.117. The van der Waals surface area contributed by atoms with Crippen LogP contribution in [0.5, 0.6) is 0 Å². The number of hydrogen-bond acceptors (Lipinski definition) is 5. The summed E-state index contributed by atoms with van der Waals surface area (Å²) in [5.41, 5.74) is 2.99. The Kier molecular flexibility index (Phi) is 4.82. The third-order valence-electron chi connectivity index (χ3n) is 5.28. The molecule has 0 bridgehead atoms. The lowest BCUT2D eigenvalue weighted by molar-refractivity contribution is -0.129. The second kappa shape index (κ2) is 7.40. The number of rotatable bonds is 2. The molecule has 0 N–H and O–H groups in total. The van der Waals surface area contributed by atoms with Crippen molar-refractivity contribution >= 4 is 11.7 Å². The van der Waals surface area contributed by atoms with Gasteiger partial charge in [-0.15, -0.1) is 0 Å². The van der Waals surface area contributed by atoms with Crippen LogP contribution in [0.4, 0.5) is 5.82 Å². The third kappa shape index (κ3) is 3.41. The number of anilines is 1. The molecule has 2 aliphatic heterocycles. The van der Waals surface area contributed by atoms with Crippen molar-refractivity contribution in [3.05, 3.63) is 35.7 Å². The van der Waals surface area contributed by atoms with E-state index >= 15 is 0 Å². The van der Waals surface area contributed by atoms with Gasteiger partial charge in [0.1, 0.15) is 11.5 Å². The average Bonchev–Trinajstić information content (AvgIpc) is 2.96. The van der Waals surface area contributed by atoms with Gasteiger partial charge in [0.05, 0.1) is 12.2 Å². The molecule has 4 heterocycles. The smallest absolute Gasteiger partial charge is 0.219 e. The van der Waals surface area contributed by atoms with Gasteiger partial charge in [-0.2, -0.15) is 0 Å². The van der Waals surface area contributed by atoms with Crippen molar-refractivity contribution in [2.45, 2.75) is 45.6 Å². The topological polar surface area (TPSA) is 62.2 Å². The maximum atomic E-state index is 11.9. The van der Waals surface area contributed by atoms with E-state index in [0.29, 0.717) is 12.4 Å². The first kappa shape index (κ1) is 16.9. The second-order valence-electron chi connectivity index (χ2n) is 7.10. The highest BCUT2D eigenvalue weighted by molar-refractivity contribution is 5.74. The molecule has 0 aliphatic carbocycles. The Balaban J connectivity index is 1.79. The predicted molar refractivity (Wildman–Crippen MR) is 101 cm³/mol. The number of nitrogens with zero attached hydrogens (tertiary/aromatic N) is 5. The minimum Gasteiger partial charge on any atom is -0.356 e. The summed E-state index contributed by atoms with van der Waals surface area (Å²) in [5.74, 6) is 1.81. The first-order valence-corrected chi connectivity index (χ1v) is 9.54. The van der Waals surface area contributed by atoms with Crippen molar-refractivity contribution in [2.24, 2.45) is 0 Å². The Morgan fingerprint density at radius 1 is 1.04 bits per heavy atom. The zero-order valence-electron chi connectivity index (χ0n) is 15.3. The normalized spacial score (nSPS) is 17.6. The molecule has 2 aromatic rings. The largest absolute Gasteiger partial charge is 0.356 e. The maximum absolute atomic E-state index is 11.9. The van der Waals surface area contributed by atoms with Gasteiger partial charge in [-0.3, -0.25) is 9.78 Å². The van der Waals surface area contributed by atoms with Gasteiger partial charge < -0.3 is 9.80 Å². The van der Waals surface area contributed by atoms with Crippen LogP contribution in [0.2, 0.25) is 0 Å². The molecule has 6 nitrogen and oxygen atoms in total. The summed E-state index contributed by atoms with van der Waals surface area (Å²) in [6.07, 6.45) is 7.48. The first-order valence-electron chi connectivity index (χ1n) is 9.54. The van der Waals surface area contributed by atoms with Crippen LogP contribution in [-0.2, 0) is 17.8 Å². The van der Waals surface area contributed by atoms with Crippen LogP contribution in [0.15, 0.2) is 24.4 Å². The van der Waals surface area contributed by atoms with Crippen molar-refractivity contribution in [2.75, 3.05) is 24.5 Å². The fraction of sp³-hybridized carbons (Fsp3) is 0.500. The molecule has 26 heavy (non-hydrogen) atoms. The number of hydrogen-bond donors (Lipinski definition) is 0. The molecule has 2 aliphatic rings. The van der Waals surface area contributed by atoms with Crippen molar-refractivity contribution in [3.8, 4) is 11.5 Å². The number of amides is 1. The lowest BCUT2D eigenvalue weighted by Crippen LogP contribution is -2.37. The van der Waals surface area contributed by atoms with Gasteiger partial charge in [0, 0.05) is 44.7 Å². The first-order chi connectivity index (χ1) is 12.7. The lowest BCUT2D eigenvalue weighted by Gasteiger charge is -2.32. The van der Waals surface area contributed by atoms with Crippen molar-refractivity contribution in [1.29, 1.82) is 0 Å². The van der Waals surface area contributed by atoms with Crippen molar-refractivity contribution < 1.29 is 4.79 Å². The maximum Gasteiger partial charge on any atom is 0.219 e. The summed E-state index contributed by atoms with van der Waals surface area (Å²) in [6, 6.07) is 5.83. The number of fused-ring (bicyclic) bond motifs is 1. The van der Waals surface area contributed by atoms with Crippen LogP contribution in [0.3, 0.4) is 0 Å². The molecule has 0 aromatic carbocycles. The number of carbonyl (C=O) groups excluding carboxylic acids is 1. The quantitative estimate of drug-likeness (QED) is 0.832. The molecule has 0 unspecified atom stereocenters. The van der Waals surface area contributed by atoms with Crippen molar-refractivity contribution in [1.82, 2.24) is 19.9 Å². The van der Waals surface area contributed by atoms with E-state index in [2.05, 4.69) is 9.88 Å². The molecule has 1 fully saturated rings. The summed E-state index contributed by atoms with van der Waals surface area (Å²) in [5, 5.41) is 0. The molecular weight excluding hydrogens is 326 g/mol. The molecule has 0 radical (unpaired) electrons. The Morgan fingerprint density at radius 3 is 2.54 bits per heavy atom. The zero-order valence-corrected chi connectivity index (χ0v) is 15.3. The third-order valence-corrected chi connectivity index (χ3v) is 5.28. The SMILES string of the molecule is CC(=O)N1CCc2nc(-c3ccccn3)nc(N3CCCCCC3)c2C1. The molecular formula is C20H25N5O. The summed E-state index contributed by atoms with van der Waals surface area (Å²) < 4.78 is 0. The van der Waals surface area contributed by atoms with E-state index in [1.807, 2.05) is 23.1 Å². The highest BCUT2D eigenvalue weighted by atomic mass is 16.2. The number of carbonyl (C=O) groups is 1. The van der Waals surface area contributed by atoms with E-state index < -0.39 is 0 Å². The van der Waals surface area contributed by atoms with Crippen LogP contribution in [0.25, 0.3) is 11.5 Å². The van der Waals surface area contributed by atoms with Gasteiger partial charge in [-0.1, -0.05) is 18.9 Å². The lowest BCUT2D eigenvalue weighted by atomic mass is 10.0. The van der Waals surface area contributed by atoms with E-state index in [1.165, 1.54) is 25.7 Å². The second-order valence-corrected chi connectivity index (χ2v) is 7.10. The Morgan fingerprint density at radius 2 is 1.85 bits per heavy atom. The fourth-order valence-corrected chi connectivity index (χ4v) is 3.82. The molecule has 0 spiro atoms. The number of aromatic nitrogens is 3. The molecule has 1 amide bonds. The summed E-state index contributed by atoms with van der Waals surface area (Å²) in [4.78, 5) is 30.4. The summed E-state index contributed by atoms with van der Waals surface area (Å²) in [6.45, 7) is 5.01. The molecule has 1 saturated heterocycles. The average molecular weight is 351 g/mol. The number of pyridine rings is 1. The van der Waals surface area contributed by atoms with Gasteiger partial charge in [-0.25, -0.2) is 9.97 Å². The zero-order chi connectivity index (χ0) is 17.9. The predicted octanol–water partition coefficient (Wildman–Crippen LogP) is 2.82. The molecule has 2 aromatic heterocycles. The van der Waals surface area contributed by atoms with Crippen LogP contribution in [0, 0.1) is 0 Å². The highest BCUT2D eigenvalue weighted by Crippen LogP contribution is 2.30. The molecule has 136 valence electrons. The van der Waals surface area contributed by atoms with E-state index in [0.717, 1.165) is 48.8 Å². The Labute approximate surface area is 154 Å². The Bertz CT molecular complexity index is 784. The summed E-state index contributed by atoms with van der Waals surface area (Å²) in [7, 11) is 0. The van der Waals surface area contributed by atoms with E-state index in [9.17, 15) is 4.79 Å². The van der Waals surface area contributed by atoms with Crippen LogP contribution in [0.1, 0.15) is 43.9 Å². The van der Waals surface area contributed by atoms with Crippen LogP contribution in [-0.4, -0.2) is 45.4 Å². The van der Waals surface area contributed by atoms with Gasteiger partial charge in [0.25, 0.3) is 0 Å². The summed E-state index contributed by atoms with van der Waals surface area (Å²) >= 11 is 0. The molecule has 6 heteroatoms. The molecule has 0 saturated carbocycles. The standard InChI is InChI=1S/C20H25N5O/c1-15(26)25-13-9-17-16(14-25)20(24-11-6-2-3-7-12-24)23-19(22-17)18-8-4-5-10-21-18/h4-5,8,10H,2-3,6-7,9,11-14H2,1H3. The molecule has 0 atom stereocenters. The fourth-order valence-electron chi connectivity index (χ4n) is 3.82. The highest BCUT2D eigenvalue weighted by Gasteiger charge is 2.27. The van der Waals surface area contributed by atoms with Gasteiger partial charge in [0.15, 0.2) is 5.82 Å². The Hall–Kier alpha value is -2.50. The monoisotopic (exact) mass is 351 g/mol. The molecule has 4 rings (SSSR count). The van der Waals surface area contributed by atoms with Crippen LogP contribution >= 0.6 is 0 Å². The minimum atomic E-state index is 0.117. The van der Waals surface area contributed by atoms with Crippen molar-refractivity contribution in [3.63, 3.8) is 0 Å². The van der Waals surface area contributed by atoms with E-state index in [-0.39, 0.29) is 5.91 Å². The van der Waals surface area contributed by atoms with Gasteiger partial charge >= 0.3 is 0 Å². The van der Waals surface area contributed by atoms with Crippen LogP contribution < -0.4 is 4.90 Å².